The molecule has 0 bridgehead atoms. The molecule has 5 unspecified atom stereocenters. The number of aliphatic carboxylic acids is 1. The molecule has 1 aromatic rings. The number of amides is 3. The Balaban J connectivity index is 2.83. The number of hydrogen-bond donors (Lipinski definition) is 9. The van der Waals surface area contributed by atoms with Gasteiger partial charge in [-0.25, -0.2) is 9.78 Å². The van der Waals surface area contributed by atoms with E-state index in [2.05, 4.69) is 38.5 Å². The van der Waals surface area contributed by atoms with E-state index in [-0.39, 0.29) is 12.2 Å². The van der Waals surface area contributed by atoms with Crippen LogP contribution in [0.1, 0.15) is 12.6 Å². The fraction of sp³-hybridized carbons (Fsp3) is 0.562. The first-order valence-electron chi connectivity index (χ1n) is 8.87. The number of carbonyl (C=O) groups excluding carboxylic acids is 3. The maximum absolute atomic E-state index is 12.5. The first-order chi connectivity index (χ1) is 14.1. The van der Waals surface area contributed by atoms with Crippen LogP contribution >= 0.6 is 12.6 Å². The van der Waals surface area contributed by atoms with Crippen molar-refractivity contribution in [3.05, 3.63) is 18.2 Å². The summed E-state index contributed by atoms with van der Waals surface area (Å²) in [5.74, 6) is -4.10. The van der Waals surface area contributed by atoms with Gasteiger partial charge in [0.25, 0.3) is 0 Å². The Morgan fingerprint density at radius 3 is 2.27 bits per heavy atom. The smallest absolute Gasteiger partial charge is 0.326 e. The van der Waals surface area contributed by atoms with Crippen LogP contribution in [-0.2, 0) is 25.6 Å². The highest BCUT2D eigenvalue weighted by atomic mass is 32.1. The minimum Gasteiger partial charge on any atom is -0.480 e. The van der Waals surface area contributed by atoms with E-state index in [4.69, 9.17) is 10.8 Å². The molecular weight excluding hydrogens is 420 g/mol. The van der Waals surface area contributed by atoms with Gasteiger partial charge in [-0.1, -0.05) is 0 Å². The fourth-order valence-electron chi connectivity index (χ4n) is 2.29. The molecule has 13 nitrogen and oxygen atoms in total. The molecule has 0 fully saturated rings. The highest BCUT2D eigenvalue weighted by molar-refractivity contribution is 7.80. The summed E-state index contributed by atoms with van der Waals surface area (Å²) in [5, 5.41) is 34.9. The monoisotopic (exact) mass is 446 g/mol. The van der Waals surface area contributed by atoms with Crippen molar-refractivity contribution in [1.29, 1.82) is 0 Å². The Morgan fingerprint density at radius 1 is 1.17 bits per heavy atom. The van der Waals surface area contributed by atoms with Crippen molar-refractivity contribution < 1.29 is 34.5 Å². The minimum atomic E-state index is -1.51. The molecule has 0 saturated heterocycles. The number of thiol groups is 1. The van der Waals surface area contributed by atoms with Gasteiger partial charge in [0.2, 0.25) is 17.7 Å². The van der Waals surface area contributed by atoms with Gasteiger partial charge in [-0.15, -0.1) is 0 Å². The van der Waals surface area contributed by atoms with Crippen LogP contribution in [0.25, 0.3) is 0 Å². The zero-order valence-corrected chi connectivity index (χ0v) is 17.0. The standard InChI is InChI=1S/C16H26N6O7S/c1-7(24)12(22-14(26)11(5-30)21-13(25)9(17)4-23)15(27)20-10(16(28)29)2-8-3-18-6-19-8/h3,6-7,9-12,23-24,30H,2,4-5,17H2,1H3,(H,18,19)(H,20,27)(H,21,25)(H,22,26)(H,28,29). The highest BCUT2D eigenvalue weighted by Crippen LogP contribution is 2.02. The number of carboxylic acid groups (broad SMARTS) is 1. The number of carboxylic acids is 1. The maximum Gasteiger partial charge on any atom is 0.326 e. The Labute approximate surface area is 177 Å². The number of nitrogens with one attached hydrogen (secondary N) is 4. The number of nitrogens with two attached hydrogens (primary N) is 1. The van der Waals surface area contributed by atoms with Gasteiger partial charge in [0.15, 0.2) is 0 Å². The van der Waals surface area contributed by atoms with Crippen LogP contribution in [0.15, 0.2) is 12.5 Å². The van der Waals surface area contributed by atoms with Gasteiger partial charge >= 0.3 is 5.97 Å². The van der Waals surface area contributed by atoms with Gasteiger partial charge in [-0.2, -0.15) is 12.6 Å². The largest absolute Gasteiger partial charge is 0.480 e. The van der Waals surface area contributed by atoms with Crippen molar-refractivity contribution in [1.82, 2.24) is 25.9 Å². The molecule has 0 radical (unpaired) electrons. The maximum atomic E-state index is 12.5. The molecule has 0 spiro atoms. The van der Waals surface area contributed by atoms with Crippen molar-refractivity contribution in [3.8, 4) is 0 Å². The summed E-state index contributed by atoms with van der Waals surface area (Å²) >= 11 is 3.96. The van der Waals surface area contributed by atoms with Crippen LogP contribution in [0.3, 0.4) is 0 Å². The summed E-state index contributed by atoms with van der Waals surface area (Å²) in [4.78, 5) is 54.6. The molecular formula is C16H26N6O7S. The van der Waals surface area contributed by atoms with Crippen molar-refractivity contribution in [3.63, 3.8) is 0 Å². The van der Waals surface area contributed by atoms with E-state index in [1.807, 2.05) is 0 Å². The molecule has 1 heterocycles. The van der Waals surface area contributed by atoms with E-state index in [0.29, 0.717) is 5.69 Å². The van der Waals surface area contributed by atoms with Crippen LogP contribution in [0, 0.1) is 0 Å². The molecule has 0 aliphatic heterocycles. The van der Waals surface area contributed by atoms with E-state index >= 15 is 0 Å². The lowest BCUT2D eigenvalue weighted by Gasteiger charge is -2.25. The summed E-state index contributed by atoms with van der Waals surface area (Å²) in [7, 11) is 0. The molecule has 0 aliphatic carbocycles. The van der Waals surface area contributed by atoms with Crippen LogP contribution in [0.2, 0.25) is 0 Å². The van der Waals surface area contributed by atoms with Crippen molar-refractivity contribution >= 4 is 36.3 Å². The van der Waals surface area contributed by atoms with Crippen molar-refractivity contribution in [2.45, 2.75) is 43.6 Å². The van der Waals surface area contributed by atoms with E-state index in [0.717, 1.165) is 0 Å². The lowest BCUT2D eigenvalue weighted by Crippen LogP contribution is -2.60. The van der Waals surface area contributed by atoms with E-state index in [1.165, 1.54) is 19.4 Å². The number of rotatable bonds is 12. The molecule has 3 amide bonds. The van der Waals surface area contributed by atoms with E-state index in [1.54, 1.807) is 0 Å². The molecule has 5 atom stereocenters. The second kappa shape index (κ2) is 12.1. The Morgan fingerprint density at radius 2 is 1.80 bits per heavy atom. The normalized spacial score (nSPS) is 15.9. The Bertz CT molecular complexity index is 730. The SMILES string of the molecule is CC(O)C(NC(=O)C(CS)NC(=O)C(N)CO)C(=O)NC(Cc1cnc[nH]1)C(=O)O. The van der Waals surface area contributed by atoms with Crippen LogP contribution in [0.4, 0.5) is 0 Å². The van der Waals surface area contributed by atoms with Gasteiger partial charge in [0, 0.05) is 24.1 Å². The molecule has 0 saturated carbocycles. The average molecular weight is 446 g/mol. The number of aliphatic hydroxyl groups is 2. The van der Waals surface area contributed by atoms with Crippen molar-refractivity contribution in [2.24, 2.45) is 5.73 Å². The summed E-state index contributed by atoms with van der Waals surface area (Å²) in [6.07, 6.45) is 1.26. The topological polar surface area (TPSA) is 220 Å². The first kappa shape index (κ1) is 25.4. The second-order valence-corrected chi connectivity index (χ2v) is 6.81. The zero-order chi connectivity index (χ0) is 22.8. The lowest BCUT2D eigenvalue weighted by atomic mass is 10.1. The molecule has 30 heavy (non-hydrogen) atoms. The quantitative estimate of drug-likeness (QED) is 0.143. The molecule has 1 rings (SSSR count). The average Bonchev–Trinajstić information content (AvgIpc) is 3.21. The summed E-state index contributed by atoms with van der Waals surface area (Å²) in [6, 6.07) is -5.33. The van der Waals surface area contributed by atoms with Gasteiger partial charge < -0.3 is 42.0 Å². The summed E-state index contributed by atoms with van der Waals surface area (Å²) in [5.41, 5.74) is 5.83. The number of aliphatic hydroxyl groups excluding tert-OH is 2. The third-order valence-corrected chi connectivity index (χ3v) is 4.37. The van der Waals surface area contributed by atoms with Gasteiger partial charge in [-0.05, 0) is 6.92 Å². The molecule has 9 N–H and O–H groups in total. The van der Waals surface area contributed by atoms with Crippen LogP contribution in [-0.4, -0.2) is 91.6 Å². The van der Waals surface area contributed by atoms with E-state index < -0.39 is 60.6 Å². The molecule has 1 aromatic heterocycles. The van der Waals surface area contributed by atoms with Crippen LogP contribution < -0.4 is 21.7 Å². The molecule has 0 aromatic carbocycles. The third-order valence-electron chi connectivity index (χ3n) is 4.01. The number of aromatic nitrogens is 2. The minimum absolute atomic E-state index is 0.101. The predicted molar refractivity (Wildman–Crippen MR) is 106 cm³/mol. The van der Waals surface area contributed by atoms with Gasteiger partial charge in [0.1, 0.15) is 24.2 Å². The molecule has 0 aliphatic rings. The Kier molecular flexibility index (Phi) is 10.2. The number of H-pyrrole nitrogens is 1. The fourth-order valence-corrected chi connectivity index (χ4v) is 2.55. The molecule has 14 heteroatoms. The van der Waals surface area contributed by atoms with Crippen LogP contribution in [0.5, 0.6) is 0 Å². The number of imidazole rings is 1. The summed E-state index contributed by atoms with van der Waals surface area (Å²) in [6.45, 7) is 0.587. The number of aromatic amines is 1. The first-order valence-corrected chi connectivity index (χ1v) is 9.50. The highest BCUT2D eigenvalue weighted by Gasteiger charge is 2.32. The number of nitrogens with zero attached hydrogens (tertiary/aromatic N) is 1. The van der Waals surface area contributed by atoms with E-state index in [9.17, 15) is 29.4 Å². The Hall–Kier alpha value is -2.68. The summed E-state index contributed by atoms with van der Waals surface area (Å²) < 4.78 is 0. The van der Waals surface area contributed by atoms with Gasteiger partial charge in [0.05, 0.1) is 19.0 Å². The second-order valence-electron chi connectivity index (χ2n) is 6.44. The third kappa shape index (κ3) is 7.62. The number of carbonyl (C=O) groups is 4. The van der Waals surface area contributed by atoms with Crippen molar-refractivity contribution in [2.75, 3.05) is 12.4 Å². The zero-order valence-electron chi connectivity index (χ0n) is 16.1. The number of hydrogen-bond acceptors (Lipinski definition) is 9. The van der Waals surface area contributed by atoms with Gasteiger partial charge in [-0.3, -0.25) is 14.4 Å². The lowest BCUT2D eigenvalue weighted by molar-refractivity contribution is -0.143. The molecule has 168 valence electrons. The predicted octanol–water partition coefficient (Wildman–Crippen LogP) is -3.88.